The predicted octanol–water partition coefficient (Wildman–Crippen LogP) is -5.65. The van der Waals surface area contributed by atoms with E-state index in [1.807, 2.05) is 0 Å². The molecule has 0 spiro atoms. The molecule has 30 heavy (non-hydrogen) atoms. The highest BCUT2D eigenvalue weighted by Crippen LogP contribution is 2.30. The third-order valence-electron chi connectivity index (χ3n) is 5.77. The molecule has 0 aromatic rings. The Labute approximate surface area is 172 Å². The molecule has 0 aliphatic carbocycles. The predicted molar refractivity (Wildman–Crippen MR) is 94.7 cm³/mol. The van der Waals surface area contributed by atoms with Gasteiger partial charge in [0.05, 0.1) is 31.5 Å². The van der Waals surface area contributed by atoms with Crippen LogP contribution < -0.4 is 5.32 Å². The minimum Gasteiger partial charge on any atom is -0.395 e. The van der Waals surface area contributed by atoms with Crippen LogP contribution in [-0.2, 0) is 18.9 Å². The van der Waals surface area contributed by atoms with E-state index in [1.165, 1.54) is 6.92 Å². The van der Waals surface area contributed by atoms with E-state index in [1.54, 1.807) is 0 Å². The third kappa shape index (κ3) is 4.63. The number of β-amino-alcohol motifs (C(OH)–C–C–N with tert-alkyl or cyclic N) is 1. The van der Waals surface area contributed by atoms with Gasteiger partial charge in [0.25, 0.3) is 0 Å². The van der Waals surface area contributed by atoms with E-state index in [9.17, 15) is 40.9 Å². The molecular formula is C17H31NO12. The number of rotatable bonds is 6. The lowest BCUT2D eigenvalue weighted by Gasteiger charge is -2.46. The van der Waals surface area contributed by atoms with E-state index in [4.69, 9.17) is 18.9 Å². The Bertz CT molecular complexity index is 555. The van der Waals surface area contributed by atoms with Gasteiger partial charge in [-0.05, 0) is 6.92 Å². The summed E-state index contributed by atoms with van der Waals surface area (Å²) in [6.07, 6.45) is -16.2. The Hall–Kier alpha value is -0.520. The van der Waals surface area contributed by atoms with Gasteiger partial charge in [0, 0.05) is 6.54 Å². The van der Waals surface area contributed by atoms with Gasteiger partial charge in [-0.2, -0.15) is 0 Å². The average Bonchev–Trinajstić information content (AvgIpc) is 3.09. The van der Waals surface area contributed by atoms with Crippen molar-refractivity contribution < 1.29 is 59.8 Å². The molecule has 0 radical (unpaired) electrons. The van der Waals surface area contributed by atoms with Gasteiger partial charge >= 0.3 is 0 Å². The second kappa shape index (κ2) is 9.95. The lowest BCUT2D eigenvalue weighted by molar-refractivity contribution is -0.361. The van der Waals surface area contributed by atoms with Crippen LogP contribution >= 0.6 is 0 Å². The average molecular weight is 441 g/mol. The van der Waals surface area contributed by atoms with E-state index in [0.29, 0.717) is 0 Å². The number of nitrogens with one attached hydrogen (secondary N) is 1. The summed E-state index contributed by atoms with van der Waals surface area (Å²) >= 11 is 0. The van der Waals surface area contributed by atoms with E-state index < -0.39 is 86.3 Å². The number of hydrogen-bond donors (Lipinski definition) is 9. The summed E-state index contributed by atoms with van der Waals surface area (Å²) < 4.78 is 21.9. The monoisotopic (exact) mass is 441 g/mol. The first-order valence-corrected chi connectivity index (χ1v) is 9.84. The molecule has 0 saturated carbocycles. The van der Waals surface area contributed by atoms with Crippen LogP contribution in [0.1, 0.15) is 6.92 Å². The van der Waals surface area contributed by atoms with Gasteiger partial charge < -0.3 is 65.1 Å². The summed E-state index contributed by atoms with van der Waals surface area (Å²) in [5.41, 5.74) is 0. The largest absolute Gasteiger partial charge is 0.395 e. The van der Waals surface area contributed by atoms with E-state index >= 15 is 0 Å². The first-order valence-electron chi connectivity index (χ1n) is 9.84. The van der Waals surface area contributed by atoms with Crippen LogP contribution in [-0.4, -0.2) is 140 Å². The van der Waals surface area contributed by atoms with Crippen molar-refractivity contribution in [3.63, 3.8) is 0 Å². The van der Waals surface area contributed by atoms with Crippen LogP contribution in [0.15, 0.2) is 0 Å². The molecule has 3 aliphatic heterocycles. The van der Waals surface area contributed by atoms with E-state index in [0.717, 1.165) is 0 Å². The molecule has 0 aromatic carbocycles. The third-order valence-corrected chi connectivity index (χ3v) is 5.77. The topological polar surface area (TPSA) is 211 Å². The minimum atomic E-state index is -1.67. The van der Waals surface area contributed by atoms with Crippen molar-refractivity contribution in [3.8, 4) is 0 Å². The molecule has 9 N–H and O–H groups in total. The number of hydrogen-bond acceptors (Lipinski definition) is 13. The van der Waals surface area contributed by atoms with Gasteiger partial charge in [-0.15, -0.1) is 0 Å². The first kappa shape index (κ1) is 24.1. The van der Waals surface area contributed by atoms with Crippen LogP contribution in [0.4, 0.5) is 0 Å². The number of ether oxygens (including phenoxy) is 4. The summed E-state index contributed by atoms with van der Waals surface area (Å²) in [6, 6.07) is -0.616. The molecule has 0 bridgehead atoms. The normalized spacial score (nSPS) is 52.5. The maximum atomic E-state index is 10.6. The second-order valence-electron chi connectivity index (χ2n) is 7.85. The maximum Gasteiger partial charge on any atom is 0.187 e. The molecular weight excluding hydrogens is 410 g/mol. The van der Waals surface area contributed by atoms with Gasteiger partial charge in [-0.25, -0.2) is 0 Å². The summed E-state index contributed by atoms with van der Waals surface area (Å²) in [6.45, 7) is 0.600. The highest BCUT2D eigenvalue weighted by molar-refractivity contribution is 4.96. The minimum absolute atomic E-state index is 0.152. The smallest absolute Gasteiger partial charge is 0.187 e. The Morgan fingerprint density at radius 3 is 2.00 bits per heavy atom. The molecule has 0 amide bonds. The quantitative estimate of drug-likeness (QED) is 0.188. The molecule has 3 fully saturated rings. The van der Waals surface area contributed by atoms with Crippen molar-refractivity contribution in [1.29, 1.82) is 0 Å². The zero-order chi connectivity index (χ0) is 22.2. The summed E-state index contributed by atoms with van der Waals surface area (Å²) in [5, 5.41) is 82.7. The fourth-order valence-electron chi connectivity index (χ4n) is 3.90. The van der Waals surface area contributed by atoms with Gasteiger partial charge in [-0.1, -0.05) is 0 Å². The standard InChI is InChI=1S/C17H31NO12/c1-5-9(22)10(23)12(25)16(27-5)30-15-8(4-20)28-17(13(26)11(15)24)29-14-6(3-19)18-2-7(14)21/h5-26H,2-4H2,1H3/t5-,6?,7?,8-,9-,10+,11+,12-,13-,14?,15+,16-,17-/m1/s1. The van der Waals surface area contributed by atoms with Crippen molar-refractivity contribution in [2.24, 2.45) is 0 Å². The fraction of sp³-hybridized carbons (Fsp3) is 1.00. The zero-order valence-corrected chi connectivity index (χ0v) is 16.3. The summed E-state index contributed by atoms with van der Waals surface area (Å²) in [4.78, 5) is 0. The summed E-state index contributed by atoms with van der Waals surface area (Å²) in [7, 11) is 0. The lowest BCUT2D eigenvalue weighted by atomic mass is 9.97. The van der Waals surface area contributed by atoms with E-state index in [-0.39, 0.29) is 13.2 Å². The van der Waals surface area contributed by atoms with Gasteiger partial charge in [0.15, 0.2) is 12.6 Å². The van der Waals surface area contributed by atoms with Gasteiger partial charge in [0.1, 0.15) is 48.8 Å². The Kier molecular flexibility index (Phi) is 8.01. The van der Waals surface area contributed by atoms with Crippen LogP contribution in [0.5, 0.6) is 0 Å². The van der Waals surface area contributed by atoms with Crippen molar-refractivity contribution in [3.05, 3.63) is 0 Å². The molecule has 13 atom stereocenters. The van der Waals surface area contributed by atoms with E-state index in [2.05, 4.69) is 5.32 Å². The molecule has 3 heterocycles. The molecule has 3 unspecified atom stereocenters. The molecule has 3 saturated heterocycles. The first-order chi connectivity index (χ1) is 14.2. The van der Waals surface area contributed by atoms with Crippen molar-refractivity contribution >= 4 is 0 Å². The fourth-order valence-corrected chi connectivity index (χ4v) is 3.90. The second-order valence-corrected chi connectivity index (χ2v) is 7.85. The van der Waals surface area contributed by atoms with Crippen LogP contribution in [0.25, 0.3) is 0 Å². The zero-order valence-electron chi connectivity index (χ0n) is 16.3. The van der Waals surface area contributed by atoms with Gasteiger partial charge in [-0.3, -0.25) is 0 Å². The molecule has 13 heteroatoms. The molecule has 3 aliphatic rings. The molecule has 0 aromatic heterocycles. The summed E-state index contributed by atoms with van der Waals surface area (Å²) in [5.74, 6) is 0. The Balaban J connectivity index is 1.68. The van der Waals surface area contributed by atoms with Gasteiger partial charge in [0.2, 0.25) is 0 Å². The SMILES string of the molecule is C[C@H]1O[C@H](O[C@@H]2[C@@H](O)[C@@H](O)[C@@H](OC3C(O)CNC3CO)O[C@@H]2CO)[C@H](O)[C@@H](O)[C@@H]1O. The number of aliphatic hydroxyl groups excluding tert-OH is 8. The Morgan fingerprint density at radius 2 is 1.37 bits per heavy atom. The molecule has 13 nitrogen and oxygen atoms in total. The van der Waals surface area contributed by atoms with Crippen LogP contribution in [0.2, 0.25) is 0 Å². The van der Waals surface area contributed by atoms with Crippen molar-refractivity contribution in [2.45, 2.75) is 86.6 Å². The Morgan fingerprint density at radius 1 is 0.767 bits per heavy atom. The van der Waals surface area contributed by atoms with Crippen molar-refractivity contribution in [2.75, 3.05) is 19.8 Å². The van der Waals surface area contributed by atoms with Crippen LogP contribution in [0.3, 0.4) is 0 Å². The van der Waals surface area contributed by atoms with Crippen molar-refractivity contribution in [1.82, 2.24) is 5.32 Å². The molecule has 176 valence electrons. The highest BCUT2D eigenvalue weighted by atomic mass is 16.7. The highest BCUT2D eigenvalue weighted by Gasteiger charge is 2.51. The maximum absolute atomic E-state index is 10.6. The number of aliphatic hydroxyl groups is 8. The lowest BCUT2D eigenvalue weighted by Crippen LogP contribution is -2.64. The molecule has 3 rings (SSSR count). The van der Waals surface area contributed by atoms with Crippen LogP contribution in [0, 0.1) is 0 Å².